The van der Waals surface area contributed by atoms with Gasteiger partial charge in [0, 0.05) is 5.92 Å². The number of hydrogen-bond acceptors (Lipinski definition) is 6. The van der Waals surface area contributed by atoms with Crippen molar-refractivity contribution in [3.8, 4) is 44.5 Å². The topological polar surface area (TPSA) is 107 Å². The molecule has 308 valence electrons. The minimum atomic E-state index is -0.729. The molecule has 1 unspecified atom stereocenters. The van der Waals surface area contributed by atoms with Crippen molar-refractivity contribution in [2.75, 3.05) is 14.2 Å². The van der Waals surface area contributed by atoms with Crippen LogP contribution in [0.15, 0.2) is 169 Å². The molecule has 0 fully saturated rings. The van der Waals surface area contributed by atoms with E-state index in [2.05, 4.69) is 36.4 Å². The first-order chi connectivity index (χ1) is 30.5. The number of ether oxygens (including phenoxy) is 2. The van der Waals surface area contributed by atoms with Gasteiger partial charge in [-0.15, -0.1) is 22.1 Å². The van der Waals surface area contributed by atoms with Gasteiger partial charge in [0.2, 0.25) is 0 Å². The smallest absolute Gasteiger partial charge is 0.657 e. The van der Waals surface area contributed by atoms with Gasteiger partial charge in [-0.1, -0.05) is 158 Å². The van der Waals surface area contributed by atoms with Crippen LogP contribution in [0, 0.1) is 5.92 Å². The average molecular weight is 866 g/mol. The van der Waals surface area contributed by atoms with Crippen LogP contribution >= 0.6 is 0 Å². The van der Waals surface area contributed by atoms with Gasteiger partial charge < -0.3 is 19.4 Å². The second kappa shape index (κ2) is 17.4. The van der Waals surface area contributed by atoms with Crippen molar-refractivity contribution in [3.63, 3.8) is 0 Å². The van der Waals surface area contributed by atoms with E-state index < -0.39 is 17.9 Å². The first-order valence-electron chi connectivity index (χ1n) is 20.4. The summed E-state index contributed by atoms with van der Waals surface area (Å²) in [7, 11) is 2.64. The van der Waals surface area contributed by atoms with E-state index in [0.29, 0.717) is 28.0 Å². The van der Waals surface area contributed by atoms with Crippen molar-refractivity contribution in [2.24, 2.45) is 5.92 Å². The molecule has 7 aromatic rings. The van der Waals surface area contributed by atoms with Gasteiger partial charge in [0.15, 0.2) is 0 Å². The molecule has 0 radical (unpaired) electrons. The zero-order valence-corrected chi connectivity index (χ0v) is 35.3. The molecule has 0 saturated carbocycles. The number of nitrogens with zero attached hydrogens (tertiary/aromatic N) is 4. The molecule has 4 aromatic carbocycles. The van der Waals surface area contributed by atoms with Crippen molar-refractivity contribution in [2.45, 2.75) is 6.42 Å². The van der Waals surface area contributed by atoms with Crippen LogP contribution in [-0.2, 0) is 35.6 Å². The largest absolute Gasteiger partial charge is 2.00 e. The van der Waals surface area contributed by atoms with Gasteiger partial charge in [0.05, 0.1) is 48.1 Å². The van der Waals surface area contributed by atoms with Gasteiger partial charge in [0.1, 0.15) is 0 Å². The number of carbonyl (C=O) groups excluding carboxylic acids is 2. The molecule has 10 rings (SSSR count). The van der Waals surface area contributed by atoms with Crippen LogP contribution in [0.1, 0.15) is 29.2 Å². The van der Waals surface area contributed by atoms with Crippen molar-refractivity contribution in [3.05, 3.63) is 192 Å². The molecule has 5 heterocycles. The Kier molecular flexibility index (Phi) is 11.3. The van der Waals surface area contributed by atoms with Crippen LogP contribution in [0.5, 0.6) is 0 Å². The summed E-state index contributed by atoms with van der Waals surface area (Å²) in [6.07, 6.45) is 10.2. The summed E-state index contributed by atoms with van der Waals surface area (Å²) >= 11 is 0. The summed E-state index contributed by atoms with van der Waals surface area (Å²) in [4.78, 5) is 49.0. The van der Waals surface area contributed by atoms with Crippen molar-refractivity contribution < 1.29 is 35.6 Å². The second-order valence-electron chi connectivity index (χ2n) is 15.0. The van der Waals surface area contributed by atoms with E-state index >= 15 is 0 Å². The first kappa shape index (κ1) is 40.8. The molecule has 1 atom stereocenters. The van der Waals surface area contributed by atoms with Gasteiger partial charge >= 0.3 is 28.4 Å². The number of hydrogen-bond donors (Lipinski definition) is 0. The molecule has 0 N–H and O–H groups in total. The molecule has 0 amide bonds. The SMILES string of the molecule is COC(=O)C1=C(C(=O)OC)C(C2=Cc3nc2c(-c2ccccc2)c2ccc([n-]2)c(-c2ccccc2)c2nc(c(-c4ccccc4)c4ccc([n-]4)c3-c3ccccc3)C=C2)C=CC1.[Ni+2]. The van der Waals surface area contributed by atoms with Crippen LogP contribution in [0.25, 0.3) is 90.4 Å². The quantitative estimate of drug-likeness (QED) is 0.0886. The predicted molar refractivity (Wildman–Crippen MR) is 246 cm³/mol. The number of fused-ring (bicyclic) bond motifs is 8. The zero-order chi connectivity index (χ0) is 42.2. The Balaban J connectivity index is 0.00000504. The Labute approximate surface area is 374 Å². The number of aromatic nitrogens is 4. The fourth-order valence-electron chi connectivity index (χ4n) is 8.68. The number of methoxy groups -OCH3 is 2. The van der Waals surface area contributed by atoms with Gasteiger partial charge in [-0.25, -0.2) is 19.6 Å². The molecule has 3 aromatic heterocycles. The Hall–Kier alpha value is -7.61. The summed E-state index contributed by atoms with van der Waals surface area (Å²) in [5.41, 5.74) is 13.8. The number of benzene rings is 4. The van der Waals surface area contributed by atoms with Crippen LogP contribution in [0.4, 0.5) is 0 Å². The molecule has 3 aliphatic rings. The summed E-state index contributed by atoms with van der Waals surface area (Å²) < 4.78 is 10.6. The molecule has 8 bridgehead atoms. The van der Waals surface area contributed by atoms with Crippen molar-refractivity contribution in [1.29, 1.82) is 0 Å². The number of carbonyl (C=O) groups is 2. The Morgan fingerprint density at radius 2 is 0.937 bits per heavy atom. The number of esters is 2. The molecule has 0 saturated heterocycles. The second-order valence-corrected chi connectivity index (χ2v) is 15.0. The summed E-state index contributed by atoms with van der Waals surface area (Å²) in [5.74, 6) is -1.94. The number of allylic oxidation sites excluding steroid dienone is 3. The maximum absolute atomic E-state index is 13.9. The predicted octanol–water partition coefficient (Wildman–Crippen LogP) is 11.2. The van der Waals surface area contributed by atoms with Crippen LogP contribution in [-0.4, -0.2) is 36.1 Å². The summed E-state index contributed by atoms with van der Waals surface area (Å²) in [6.45, 7) is 0. The maximum atomic E-state index is 13.9. The van der Waals surface area contributed by atoms with E-state index in [-0.39, 0.29) is 34.1 Å². The third kappa shape index (κ3) is 7.47. The maximum Gasteiger partial charge on any atom is 2.00 e. The summed E-state index contributed by atoms with van der Waals surface area (Å²) in [5, 5.41) is 0. The standard InChI is InChI=1S/C54H38N4O4.Ni/c1-61-53(59)38-25-15-24-37(51(38)54(60)62-2)39-32-46-49(35-20-11-5-12-21-35)44-29-28-42(56-44)47(33-16-7-3-8-17-33)40-26-27-41(55-40)48(34-18-9-4-10-19-34)43-30-31-45(57-43)50(52(39)58-46)36-22-13-6-14-23-36;/h3-24,26-32,37H,25H2,1-2H3;/q-2;+2. The van der Waals surface area contributed by atoms with Crippen LogP contribution in [0.2, 0.25) is 0 Å². The molecule has 9 heteroatoms. The Morgan fingerprint density at radius 1 is 0.524 bits per heavy atom. The van der Waals surface area contributed by atoms with Crippen molar-refractivity contribution >= 4 is 57.8 Å². The third-order valence-electron chi connectivity index (χ3n) is 11.5. The van der Waals surface area contributed by atoms with Crippen molar-refractivity contribution in [1.82, 2.24) is 19.9 Å². The fourth-order valence-corrected chi connectivity index (χ4v) is 8.68. The molecule has 8 nitrogen and oxygen atoms in total. The molecule has 63 heavy (non-hydrogen) atoms. The van der Waals surface area contributed by atoms with E-state index in [1.54, 1.807) is 0 Å². The van der Waals surface area contributed by atoms with Crippen LogP contribution < -0.4 is 9.97 Å². The Bertz CT molecular complexity index is 3200. The minimum absolute atomic E-state index is 0. The van der Waals surface area contributed by atoms with Crippen LogP contribution in [0.3, 0.4) is 0 Å². The average Bonchev–Trinajstić information content (AvgIpc) is 4.17. The molecular weight excluding hydrogens is 827 g/mol. The van der Waals surface area contributed by atoms with E-state index in [1.165, 1.54) is 14.2 Å². The van der Waals surface area contributed by atoms with Gasteiger partial charge in [-0.05, 0) is 74.7 Å². The van der Waals surface area contributed by atoms with Gasteiger partial charge in [0.25, 0.3) is 0 Å². The molecule has 2 aliphatic heterocycles. The van der Waals surface area contributed by atoms with E-state index in [9.17, 15) is 9.59 Å². The van der Waals surface area contributed by atoms with E-state index in [1.807, 2.05) is 140 Å². The third-order valence-corrected chi connectivity index (χ3v) is 11.5. The normalized spacial score (nSPS) is 14.2. The minimum Gasteiger partial charge on any atom is -0.657 e. The van der Waals surface area contributed by atoms with E-state index in [0.717, 1.165) is 66.9 Å². The van der Waals surface area contributed by atoms with Gasteiger partial charge in [-0.2, -0.15) is 0 Å². The number of rotatable bonds is 7. The fraction of sp³-hybridized carbons (Fsp3) is 0.0741. The van der Waals surface area contributed by atoms with Gasteiger partial charge in [-0.3, -0.25) is 0 Å². The molecule has 0 spiro atoms. The Morgan fingerprint density at radius 3 is 1.38 bits per heavy atom. The van der Waals surface area contributed by atoms with E-state index in [4.69, 9.17) is 29.4 Å². The zero-order valence-electron chi connectivity index (χ0n) is 34.3. The summed E-state index contributed by atoms with van der Waals surface area (Å²) in [6, 6.07) is 48.6. The monoisotopic (exact) mass is 864 g/mol. The molecule has 1 aliphatic carbocycles. The molecular formula is C54H38N4NiO4. The first-order valence-corrected chi connectivity index (χ1v) is 20.4.